The molecule has 2 aromatic carbocycles. The minimum Gasteiger partial charge on any atom is -0.399 e. The quantitative estimate of drug-likeness (QED) is 0.781. The van der Waals surface area contributed by atoms with Crippen molar-refractivity contribution in [2.45, 2.75) is 25.2 Å². The number of nitrogens with two attached hydrogens (primary N) is 1. The van der Waals surface area contributed by atoms with Gasteiger partial charge in [0, 0.05) is 5.69 Å². The van der Waals surface area contributed by atoms with E-state index in [0.717, 1.165) is 29.2 Å². The van der Waals surface area contributed by atoms with Crippen molar-refractivity contribution in [3.05, 3.63) is 77.4 Å². The van der Waals surface area contributed by atoms with Gasteiger partial charge in [-0.3, -0.25) is 0 Å². The molecule has 0 atom stereocenters. The molecule has 0 spiro atoms. The van der Waals surface area contributed by atoms with E-state index in [1.54, 1.807) is 0 Å². The van der Waals surface area contributed by atoms with E-state index >= 15 is 0 Å². The van der Waals surface area contributed by atoms with Crippen molar-refractivity contribution in [3.8, 4) is 0 Å². The largest absolute Gasteiger partial charge is 0.399 e. The Balaban J connectivity index is 1.72. The van der Waals surface area contributed by atoms with Crippen molar-refractivity contribution < 1.29 is 0 Å². The molecule has 0 radical (unpaired) electrons. The predicted octanol–water partition coefficient (Wildman–Crippen LogP) is 4.80. The maximum Gasteiger partial charge on any atom is 0.0320 e. The third-order valence-electron chi connectivity index (χ3n) is 4.55. The molecular formula is C20H19N. The molecule has 1 heteroatoms. The number of allylic oxidation sites excluding steroid dienone is 3. The minimum absolute atomic E-state index is 0.802. The van der Waals surface area contributed by atoms with Gasteiger partial charge in [0.2, 0.25) is 0 Å². The zero-order valence-electron chi connectivity index (χ0n) is 12.1. The van der Waals surface area contributed by atoms with E-state index in [-0.39, 0.29) is 0 Å². The standard InChI is InChI=1S/C20H19N/c1-13-19(16-3-2-4-18(21)12-16)10-8-17-11-15(14-5-6-14)7-9-20(13)17/h2-4,7,9-12,14H,1,5-6,8,21H2. The predicted molar refractivity (Wildman–Crippen MR) is 90.0 cm³/mol. The molecule has 2 aliphatic rings. The van der Waals surface area contributed by atoms with Crippen molar-refractivity contribution in [1.29, 1.82) is 0 Å². The van der Waals surface area contributed by atoms with Gasteiger partial charge in [-0.15, -0.1) is 0 Å². The Kier molecular flexibility index (Phi) is 2.75. The van der Waals surface area contributed by atoms with Gasteiger partial charge >= 0.3 is 0 Å². The van der Waals surface area contributed by atoms with Gasteiger partial charge in [-0.25, -0.2) is 0 Å². The Morgan fingerprint density at radius 1 is 1.05 bits per heavy atom. The van der Waals surface area contributed by atoms with Crippen LogP contribution in [0.2, 0.25) is 0 Å². The van der Waals surface area contributed by atoms with Crippen LogP contribution in [0, 0.1) is 0 Å². The molecule has 1 nitrogen and oxygen atoms in total. The minimum atomic E-state index is 0.802. The number of hydrogen-bond donors (Lipinski definition) is 1. The second-order valence-corrected chi connectivity index (χ2v) is 6.12. The van der Waals surface area contributed by atoms with Crippen LogP contribution in [0.4, 0.5) is 5.69 Å². The van der Waals surface area contributed by atoms with Crippen molar-refractivity contribution in [2.75, 3.05) is 5.73 Å². The Labute approximate surface area is 125 Å². The number of anilines is 1. The average Bonchev–Trinajstić information content (AvgIpc) is 3.32. The van der Waals surface area contributed by atoms with Gasteiger partial charge in [0.25, 0.3) is 0 Å². The topological polar surface area (TPSA) is 26.0 Å². The van der Waals surface area contributed by atoms with Crippen LogP contribution in [0.25, 0.3) is 11.1 Å². The van der Waals surface area contributed by atoms with E-state index in [1.165, 1.54) is 35.1 Å². The molecule has 104 valence electrons. The number of fused-ring (bicyclic) bond motifs is 1. The van der Waals surface area contributed by atoms with Crippen LogP contribution < -0.4 is 5.73 Å². The first-order chi connectivity index (χ1) is 10.2. The summed E-state index contributed by atoms with van der Waals surface area (Å²) in [7, 11) is 0. The summed E-state index contributed by atoms with van der Waals surface area (Å²) in [5, 5.41) is 0. The fourth-order valence-electron chi connectivity index (χ4n) is 3.23. The normalized spacial score (nSPS) is 17.3. The molecule has 2 N–H and O–H groups in total. The van der Waals surface area contributed by atoms with Crippen LogP contribution >= 0.6 is 0 Å². The fourth-order valence-corrected chi connectivity index (χ4v) is 3.23. The summed E-state index contributed by atoms with van der Waals surface area (Å²) in [6.07, 6.45) is 5.98. The van der Waals surface area contributed by atoms with Crippen LogP contribution in [0.5, 0.6) is 0 Å². The van der Waals surface area contributed by atoms with Gasteiger partial charge in [-0.1, -0.05) is 43.0 Å². The molecule has 21 heavy (non-hydrogen) atoms. The maximum atomic E-state index is 5.91. The smallest absolute Gasteiger partial charge is 0.0320 e. The Bertz CT molecular complexity index is 763. The lowest BCUT2D eigenvalue weighted by Crippen LogP contribution is -2.02. The van der Waals surface area contributed by atoms with E-state index in [2.05, 4.69) is 36.9 Å². The number of nitrogen functional groups attached to an aromatic ring is 1. The maximum absolute atomic E-state index is 5.91. The molecule has 2 aromatic rings. The fraction of sp³-hybridized carbons (Fsp3) is 0.200. The average molecular weight is 273 g/mol. The van der Waals surface area contributed by atoms with Gasteiger partial charge in [0.1, 0.15) is 0 Å². The first kappa shape index (κ1) is 12.5. The van der Waals surface area contributed by atoms with E-state index < -0.39 is 0 Å². The zero-order valence-corrected chi connectivity index (χ0v) is 12.1. The molecule has 0 aliphatic heterocycles. The first-order valence-electron chi connectivity index (χ1n) is 7.61. The summed E-state index contributed by atoms with van der Waals surface area (Å²) in [4.78, 5) is 0. The lowest BCUT2D eigenvalue weighted by atomic mass is 9.83. The van der Waals surface area contributed by atoms with Crippen LogP contribution in [-0.4, -0.2) is 0 Å². The molecule has 2 aliphatic carbocycles. The molecule has 0 bridgehead atoms. The summed E-state index contributed by atoms with van der Waals surface area (Å²) >= 11 is 0. The summed E-state index contributed by atoms with van der Waals surface area (Å²) in [6.45, 7) is 4.32. The van der Waals surface area contributed by atoms with Crippen LogP contribution in [0.15, 0.2) is 55.1 Å². The molecular weight excluding hydrogens is 254 g/mol. The van der Waals surface area contributed by atoms with E-state index in [1.807, 2.05) is 18.2 Å². The van der Waals surface area contributed by atoms with E-state index in [4.69, 9.17) is 5.73 Å². The van der Waals surface area contributed by atoms with Gasteiger partial charge in [-0.05, 0) is 70.7 Å². The second-order valence-electron chi connectivity index (χ2n) is 6.12. The molecule has 0 heterocycles. The monoisotopic (exact) mass is 273 g/mol. The van der Waals surface area contributed by atoms with Gasteiger partial charge in [0.15, 0.2) is 0 Å². The Morgan fingerprint density at radius 3 is 2.67 bits per heavy atom. The SMILES string of the molecule is C=C1C(c2cccc(N)c2)=CCc2cc(C3CC3)ccc21. The summed E-state index contributed by atoms with van der Waals surface area (Å²) in [6, 6.07) is 15.0. The molecule has 1 saturated carbocycles. The van der Waals surface area contributed by atoms with Crippen LogP contribution in [0.3, 0.4) is 0 Å². The van der Waals surface area contributed by atoms with Crippen molar-refractivity contribution in [1.82, 2.24) is 0 Å². The summed E-state index contributed by atoms with van der Waals surface area (Å²) < 4.78 is 0. The van der Waals surface area contributed by atoms with Gasteiger partial charge in [-0.2, -0.15) is 0 Å². The summed E-state index contributed by atoms with van der Waals surface area (Å²) in [5.41, 5.74) is 14.4. The van der Waals surface area contributed by atoms with Gasteiger partial charge < -0.3 is 5.73 Å². The molecule has 1 fully saturated rings. The number of rotatable bonds is 2. The van der Waals surface area contributed by atoms with Crippen LogP contribution in [0.1, 0.15) is 41.0 Å². The molecule has 4 rings (SSSR count). The molecule has 0 unspecified atom stereocenters. The number of hydrogen-bond acceptors (Lipinski definition) is 1. The van der Waals surface area contributed by atoms with Crippen LogP contribution in [-0.2, 0) is 6.42 Å². The highest BCUT2D eigenvalue weighted by molar-refractivity contribution is 6.06. The second kappa shape index (κ2) is 4.63. The lowest BCUT2D eigenvalue weighted by Gasteiger charge is -2.21. The zero-order chi connectivity index (χ0) is 14.4. The Morgan fingerprint density at radius 2 is 1.90 bits per heavy atom. The van der Waals surface area contributed by atoms with Crippen molar-refractivity contribution >= 4 is 16.8 Å². The number of benzene rings is 2. The molecule has 0 amide bonds. The van der Waals surface area contributed by atoms with Gasteiger partial charge in [0.05, 0.1) is 0 Å². The first-order valence-corrected chi connectivity index (χ1v) is 7.61. The highest BCUT2D eigenvalue weighted by atomic mass is 14.5. The van der Waals surface area contributed by atoms with Crippen molar-refractivity contribution in [3.63, 3.8) is 0 Å². The Hall–Kier alpha value is -2.28. The van der Waals surface area contributed by atoms with E-state index in [0.29, 0.717) is 0 Å². The molecule has 0 saturated heterocycles. The highest BCUT2D eigenvalue weighted by Crippen LogP contribution is 2.43. The summed E-state index contributed by atoms with van der Waals surface area (Å²) in [5.74, 6) is 0.808. The van der Waals surface area contributed by atoms with Crippen molar-refractivity contribution in [2.24, 2.45) is 0 Å². The molecule has 0 aromatic heterocycles. The highest BCUT2D eigenvalue weighted by Gasteiger charge is 2.25. The third kappa shape index (κ3) is 2.19. The van der Waals surface area contributed by atoms with E-state index in [9.17, 15) is 0 Å². The lowest BCUT2D eigenvalue weighted by molar-refractivity contribution is 1.10. The third-order valence-corrected chi connectivity index (χ3v) is 4.55.